The number of rotatable bonds is 5. The molecule has 15 heavy (non-hydrogen) atoms. The zero-order chi connectivity index (χ0) is 11.3. The molecule has 1 aromatic rings. The predicted molar refractivity (Wildman–Crippen MR) is 76.9 cm³/mol. The summed E-state index contributed by atoms with van der Waals surface area (Å²) in [4.78, 5) is 2.91. The van der Waals surface area contributed by atoms with Gasteiger partial charge in [0.25, 0.3) is 0 Å². The molecule has 3 heteroatoms. The molecule has 0 heterocycles. The third-order valence-corrected chi connectivity index (χ3v) is 7.60. The van der Waals surface area contributed by atoms with Crippen LogP contribution in [0.25, 0.3) is 0 Å². The molecule has 0 amide bonds. The summed E-state index contributed by atoms with van der Waals surface area (Å²) in [6.07, 6.45) is 0. The van der Waals surface area contributed by atoms with Crippen LogP contribution in [0.5, 0.6) is 0 Å². The Labute approximate surface area is 103 Å². The zero-order valence-corrected chi connectivity index (χ0v) is 12.7. The molecule has 0 N–H and O–H groups in total. The largest absolute Gasteiger partial charge is 0.128 e. The van der Waals surface area contributed by atoms with Crippen LogP contribution in [0.1, 0.15) is 6.92 Å². The van der Waals surface area contributed by atoms with Gasteiger partial charge >= 0.3 is 0 Å². The quantitative estimate of drug-likeness (QED) is 0.550. The van der Waals surface area contributed by atoms with E-state index in [2.05, 4.69) is 50.8 Å². The van der Waals surface area contributed by atoms with Crippen molar-refractivity contribution in [1.82, 2.24) is 0 Å². The first kappa shape index (κ1) is 13.2. The second kappa shape index (κ2) is 6.02. The van der Waals surface area contributed by atoms with E-state index in [4.69, 9.17) is 0 Å². The molecule has 0 aromatic heterocycles. The van der Waals surface area contributed by atoms with E-state index < -0.39 is 8.07 Å². The lowest BCUT2D eigenvalue weighted by molar-refractivity contribution is 1.24. The fourth-order valence-corrected chi connectivity index (χ4v) is 4.93. The lowest BCUT2D eigenvalue weighted by Gasteiger charge is -2.16. The number of hydrogen-bond acceptors (Lipinski definition) is 2. The minimum Gasteiger partial charge on any atom is -0.128 e. The van der Waals surface area contributed by atoms with Gasteiger partial charge in [-0.15, -0.1) is 23.5 Å². The van der Waals surface area contributed by atoms with Crippen molar-refractivity contribution >= 4 is 31.6 Å². The number of benzene rings is 1. The molecule has 0 radical (unpaired) electrons. The third-order valence-electron chi connectivity index (χ3n) is 1.81. The first-order valence-electron chi connectivity index (χ1n) is 5.37. The molecule has 1 aromatic carbocycles. The molecule has 84 valence electrons. The van der Waals surface area contributed by atoms with E-state index in [1.807, 2.05) is 23.5 Å². The minimum absolute atomic E-state index is 0.932. The summed E-state index contributed by atoms with van der Waals surface area (Å²) in [7, 11) is -0.932. The highest BCUT2D eigenvalue weighted by Gasteiger charge is 2.14. The standard InChI is InChI=1S/C12H20S2Si/c1-5-13-11-8-6-7-9-12(11)14-10-15(2,3)4/h6-9H,5,10H2,1-4H3. The lowest BCUT2D eigenvalue weighted by atomic mass is 10.4. The average molecular weight is 257 g/mol. The fourth-order valence-electron chi connectivity index (χ4n) is 1.14. The molecule has 0 fully saturated rings. The van der Waals surface area contributed by atoms with Crippen molar-refractivity contribution in [2.45, 2.75) is 36.4 Å². The smallest absolute Gasteiger partial charge is 0.0552 e. The van der Waals surface area contributed by atoms with Crippen LogP contribution in [0.4, 0.5) is 0 Å². The Morgan fingerprint density at radius 1 is 1.00 bits per heavy atom. The Morgan fingerprint density at radius 2 is 1.53 bits per heavy atom. The van der Waals surface area contributed by atoms with Gasteiger partial charge in [-0.2, -0.15) is 0 Å². The monoisotopic (exact) mass is 256 g/mol. The maximum absolute atomic E-state index is 2.43. The summed E-state index contributed by atoms with van der Waals surface area (Å²) in [6.45, 7) is 9.49. The summed E-state index contributed by atoms with van der Waals surface area (Å²) in [5.41, 5.74) is 0. The van der Waals surface area contributed by atoms with E-state index in [1.54, 1.807) is 0 Å². The first-order chi connectivity index (χ1) is 7.03. The van der Waals surface area contributed by atoms with Crippen molar-refractivity contribution in [3.05, 3.63) is 24.3 Å². The summed E-state index contributed by atoms with van der Waals surface area (Å²) < 4.78 is 0. The molecule has 0 saturated carbocycles. The topological polar surface area (TPSA) is 0 Å². The van der Waals surface area contributed by atoms with Gasteiger partial charge in [-0.3, -0.25) is 0 Å². The Morgan fingerprint density at radius 3 is 2.00 bits per heavy atom. The summed E-state index contributed by atoms with van der Waals surface area (Å²) in [6, 6.07) is 8.77. The molecular weight excluding hydrogens is 236 g/mol. The first-order valence-corrected chi connectivity index (χ1v) is 11.1. The molecule has 0 saturated heterocycles. The van der Waals surface area contributed by atoms with Gasteiger partial charge in [-0.25, -0.2) is 0 Å². The second-order valence-electron chi connectivity index (χ2n) is 4.73. The average Bonchev–Trinajstić information content (AvgIpc) is 2.16. The van der Waals surface area contributed by atoms with Crippen LogP contribution in [0.2, 0.25) is 19.6 Å². The van der Waals surface area contributed by atoms with Crippen molar-refractivity contribution < 1.29 is 0 Å². The normalized spacial score (nSPS) is 11.7. The molecule has 1 rings (SSSR count). The van der Waals surface area contributed by atoms with Gasteiger partial charge in [0.1, 0.15) is 0 Å². The van der Waals surface area contributed by atoms with E-state index in [9.17, 15) is 0 Å². The SMILES string of the molecule is CCSc1ccccc1SC[Si](C)(C)C. The molecule has 0 nitrogen and oxygen atoms in total. The van der Waals surface area contributed by atoms with Crippen molar-refractivity contribution in [2.75, 3.05) is 11.1 Å². The van der Waals surface area contributed by atoms with E-state index in [0.29, 0.717) is 0 Å². The Bertz CT molecular complexity index is 305. The number of hydrogen-bond donors (Lipinski definition) is 0. The van der Waals surface area contributed by atoms with Gasteiger partial charge in [0.05, 0.1) is 8.07 Å². The molecule has 0 spiro atoms. The predicted octanol–water partition coefficient (Wildman–Crippen LogP) is 4.77. The summed E-state index contributed by atoms with van der Waals surface area (Å²) >= 11 is 3.98. The Balaban J connectivity index is 2.67. The van der Waals surface area contributed by atoms with E-state index in [-0.39, 0.29) is 0 Å². The molecule has 0 aliphatic rings. The zero-order valence-electron chi connectivity index (χ0n) is 10.0. The molecular formula is C12H20S2Si. The maximum atomic E-state index is 2.43. The van der Waals surface area contributed by atoms with Gasteiger partial charge in [0, 0.05) is 9.79 Å². The maximum Gasteiger partial charge on any atom is 0.0552 e. The van der Waals surface area contributed by atoms with Crippen molar-refractivity contribution in [2.24, 2.45) is 0 Å². The van der Waals surface area contributed by atoms with E-state index in [0.717, 1.165) is 5.75 Å². The van der Waals surface area contributed by atoms with Crippen molar-refractivity contribution in [1.29, 1.82) is 0 Å². The van der Waals surface area contributed by atoms with Crippen LogP contribution < -0.4 is 0 Å². The molecule has 0 aliphatic heterocycles. The molecule has 0 atom stereocenters. The van der Waals surface area contributed by atoms with Crippen LogP contribution in [0.15, 0.2) is 34.1 Å². The summed E-state index contributed by atoms with van der Waals surface area (Å²) in [5, 5.41) is 1.31. The van der Waals surface area contributed by atoms with Crippen LogP contribution in [0, 0.1) is 0 Å². The fraction of sp³-hybridized carbons (Fsp3) is 0.500. The minimum atomic E-state index is -0.932. The lowest BCUT2D eigenvalue weighted by Crippen LogP contribution is -2.23. The van der Waals surface area contributed by atoms with E-state index >= 15 is 0 Å². The highest BCUT2D eigenvalue weighted by Crippen LogP contribution is 2.31. The second-order valence-corrected chi connectivity index (χ2v) is 13.0. The van der Waals surface area contributed by atoms with Gasteiger partial charge in [0.15, 0.2) is 0 Å². The van der Waals surface area contributed by atoms with Crippen molar-refractivity contribution in [3.63, 3.8) is 0 Å². The van der Waals surface area contributed by atoms with Gasteiger partial charge in [0.2, 0.25) is 0 Å². The van der Waals surface area contributed by atoms with Gasteiger partial charge in [-0.1, -0.05) is 38.7 Å². The highest BCUT2D eigenvalue weighted by molar-refractivity contribution is 8.03. The highest BCUT2D eigenvalue weighted by atomic mass is 32.2. The third kappa shape index (κ3) is 5.14. The van der Waals surface area contributed by atoms with Crippen LogP contribution in [-0.2, 0) is 0 Å². The summed E-state index contributed by atoms with van der Waals surface area (Å²) in [5.74, 6) is 1.16. The van der Waals surface area contributed by atoms with Crippen molar-refractivity contribution in [3.8, 4) is 0 Å². The molecule has 0 aliphatic carbocycles. The number of thioether (sulfide) groups is 2. The van der Waals surface area contributed by atoms with E-state index in [1.165, 1.54) is 15.2 Å². The Hall–Kier alpha value is 0.137. The van der Waals surface area contributed by atoms with Crippen LogP contribution >= 0.6 is 23.5 Å². The molecule has 0 bridgehead atoms. The van der Waals surface area contributed by atoms with Crippen LogP contribution in [0.3, 0.4) is 0 Å². The van der Waals surface area contributed by atoms with Crippen LogP contribution in [-0.4, -0.2) is 19.2 Å². The van der Waals surface area contributed by atoms with Gasteiger partial charge < -0.3 is 0 Å². The Kier molecular flexibility index (Phi) is 5.30. The van der Waals surface area contributed by atoms with Gasteiger partial charge in [-0.05, 0) is 23.3 Å². The molecule has 0 unspecified atom stereocenters.